The normalized spacial score (nSPS) is 16.4. The number of aromatic nitrogens is 2. The molecule has 0 saturated carbocycles. The molecule has 0 bridgehead atoms. The smallest absolute Gasteiger partial charge is 0.243 e. The van der Waals surface area contributed by atoms with E-state index in [0.29, 0.717) is 42.6 Å². The molecule has 1 aromatic carbocycles. The van der Waals surface area contributed by atoms with Crippen molar-refractivity contribution >= 4 is 27.3 Å². The summed E-state index contributed by atoms with van der Waals surface area (Å²) in [6.07, 6.45) is 3.72. The van der Waals surface area contributed by atoms with Gasteiger partial charge in [0.25, 0.3) is 0 Å². The zero-order chi connectivity index (χ0) is 17.4. The summed E-state index contributed by atoms with van der Waals surface area (Å²) >= 11 is 6.32. The van der Waals surface area contributed by atoms with E-state index < -0.39 is 10.0 Å². The first-order valence-electron chi connectivity index (χ1n) is 7.87. The number of ether oxygens (including phenoxy) is 1. The van der Waals surface area contributed by atoms with Crippen molar-refractivity contribution in [2.75, 3.05) is 26.3 Å². The van der Waals surface area contributed by atoms with E-state index in [-0.39, 0.29) is 4.90 Å². The van der Waals surface area contributed by atoms with Crippen LogP contribution in [-0.2, 0) is 14.8 Å². The first kappa shape index (κ1) is 16.5. The number of benzene rings is 1. The first-order valence-corrected chi connectivity index (χ1v) is 9.69. The zero-order valence-corrected chi connectivity index (χ0v) is 14.9. The molecule has 1 aliphatic rings. The highest BCUT2D eigenvalue weighted by Gasteiger charge is 2.27. The van der Waals surface area contributed by atoms with Crippen LogP contribution in [0.2, 0.25) is 5.02 Å². The number of imidazole rings is 1. The first-order chi connectivity index (χ1) is 12.1. The van der Waals surface area contributed by atoms with Gasteiger partial charge in [-0.2, -0.15) is 4.31 Å². The lowest BCUT2D eigenvalue weighted by atomic mass is 10.2. The minimum atomic E-state index is -3.58. The Bertz CT molecular complexity index is 994. The molecule has 25 heavy (non-hydrogen) atoms. The third kappa shape index (κ3) is 3.04. The van der Waals surface area contributed by atoms with Gasteiger partial charge in [0.2, 0.25) is 10.0 Å². The highest BCUT2D eigenvalue weighted by Crippen LogP contribution is 2.31. The van der Waals surface area contributed by atoms with Gasteiger partial charge in [-0.3, -0.25) is 0 Å². The number of nitrogens with zero attached hydrogens (tertiary/aromatic N) is 3. The Hall–Kier alpha value is -1.93. The van der Waals surface area contributed by atoms with E-state index in [9.17, 15) is 8.42 Å². The second-order valence-corrected chi connectivity index (χ2v) is 8.10. The molecule has 0 radical (unpaired) electrons. The number of rotatable bonds is 3. The van der Waals surface area contributed by atoms with E-state index in [1.54, 1.807) is 12.1 Å². The van der Waals surface area contributed by atoms with Gasteiger partial charge >= 0.3 is 0 Å². The van der Waals surface area contributed by atoms with Crippen molar-refractivity contribution in [2.24, 2.45) is 0 Å². The third-order valence-electron chi connectivity index (χ3n) is 4.19. The number of fused-ring (bicyclic) bond motifs is 1. The van der Waals surface area contributed by atoms with Crippen LogP contribution in [-0.4, -0.2) is 48.4 Å². The van der Waals surface area contributed by atoms with Crippen molar-refractivity contribution in [2.45, 2.75) is 4.90 Å². The third-order valence-corrected chi connectivity index (χ3v) is 6.41. The van der Waals surface area contributed by atoms with Crippen molar-refractivity contribution in [1.82, 2.24) is 13.7 Å². The molecule has 0 amide bonds. The molecule has 2 aromatic heterocycles. The van der Waals surface area contributed by atoms with Crippen LogP contribution in [0.3, 0.4) is 0 Å². The number of pyridine rings is 1. The summed E-state index contributed by atoms with van der Waals surface area (Å²) in [5.41, 5.74) is 2.00. The Labute approximate surface area is 150 Å². The van der Waals surface area contributed by atoms with E-state index in [0.717, 1.165) is 5.65 Å². The molecule has 8 heteroatoms. The Morgan fingerprint density at radius 3 is 2.68 bits per heavy atom. The lowest BCUT2D eigenvalue weighted by Crippen LogP contribution is -2.40. The number of sulfonamides is 1. The van der Waals surface area contributed by atoms with Crippen molar-refractivity contribution in [3.8, 4) is 11.3 Å². The van der Waals surface area contributed by atoms with Crippen LogP contribution in [0, 0.1) is 0 Å². The molecule has 1 saturated heterocycles. The summed E-state index contributed by atoms with van der Waals surface area (Å²) in [5, 5.41) is 0.462. The van der Waals surface area contributed by atoms with Crippen LogP contribution in [0.5, 0.6) is 0 Å². The van der Waals surface area contributed by atoms with Gasteiger partial charge in [-0.25, -0.2) is 13.4 Å². The minimum Gasteiger partial charge on any atom is -0.379 e. The number of hydrogen-bond acceptors (Lipinski definition) is 4. The molecule has 130 valence electrons. The number of morpholine rings is 1. The van der Waals surface area contributed by atoms with Gasteiger partial charge in [0.15, 0.2) is 0 Å². The SMILES string of the molecule is O=S(=O)(c1ccc(Cl)c(-c2cn3ccccc3n2)c1)N1CCOCC1. The Morgan fingerprint density at radius 2 is 1.92 bits per heavy atom. The molecule has 3 aromatic rings. The fourth-order valence-corrected chi connectivity index (χ4v) is 4.51. The van der Waals surface area contributed by atoms with E-state index in [4.69, 9.17) is 16.3 Å². The van der Waals surface area contributed by atoms with Crippen LogP contribution in [0.15, 0.2) is 53.7 Å². The van der Waals surface area contributed by atoms with Gasteiger partial charge in [0.05, 0.1) is 28.8 Å². The molecule has 0 aliphatic carbocycles. The molecule has 4 rings (SSSR count). The van der Waals surface area contributed by atoms with Crippen molar-refractivity contribution in [3.63, 3.8) is 0 Å². The standard InChI is InChI=1S/C17H16ClN3O3S/c18-15-5-4-13(25(22,23)21-7-9-24-10-8-21)11-14(15)16-12-20-6-2-1-3-17(20)19-16/h1-6,11-12H,7-10H2. The maximum Gasteiger partial charge on any atom is 0.243 e. The van der Waals surface area contributed by atoms with Gasteiger partial charge in [-0.1, -0.05) is 17.7 Å². The average Bonchev–Trinajstić information content (AvgIpc) is 3.06. The van der Waals surface area contributed by atoms with Gasteiger partial charge in [0, 0.05) is 31.0 Å². The summed E-state index contributed by atoms with van der Waals surface area (Å²) in [6, 6.07) is 10.4. The molecular weight excluding hydrogens is 362 g/mol. The van der Waals surface area contributed by atoms with Crippen molar-refractivity contribution in [3.05, 3.63) is 53.8 Å². The zero-order valence-electron chi connectivity index (χ0n) is 13.3. The highest BCUT2D eigenvalue weighted by molar-refractivity contribution is 7.89. The summed E-state index contributed by atoms with van der Waals surface area (Å²) < 4.78 is 34.3. The molecule has 3 heterocycles. The fraction of sp³-hybridized carbons (Fsp3) is 0.235. The highest BCUT2D eigenvalue weighted by atomic mass is 35.5. The fourth-order valence-electron chi connectivity index (χ4n) is 2.86. The Kier molecular flexibility index (Phi) is 4.24. The summed E-state index contributed by atoms with van der Waals surface area (Å²) in [4.78, 5) is 4.74. The van der Waals surface area contributed by atoms with Gasteiger partial charge < -0.3 is 9.14 Å². The lowest BCUT2D eigenvalue weighted by Gasteiger charge is -2.26. The number of hydrogen-bond donors (Lipinski definition) is 0. The van der Waals surface area contributed by atoms with Crippen LogP contribution < -0.4 is 0 Å². The molecule has 1 aliphatic heterocycles. The Morgan fingerprint density at radius 1 is 1.12 bits per heavy atom. The molecule has 1 fully saturated rings. The van der Waals surface area contributed by atoms with Crippen molar-refractivity contribution in [1.29, 1.82) is 0 Å². The van der Waals surface area contributed by atoms with Gasteiger partial charge in [-0.15, -0.1) is 0 Å². The maximum atomic E-state index is 12.9. The maximum absolute atomic E-state index is 12.9. The average molecular weight is 378 g/mol. The van der Waals surface area contributed by atoms with Gasteiger partial charge in [-0.05, 0) is 30.3 Å². The monoisotopic (exact) mass is 377 g/mol. The number of halogens is 1. The predicted molar refractivity (Wildman–Crippen MR) is 95.2 cm³/mol. The van der Waals surface area contributed by atoms with Crippen LogP contribution in [0.25, 0.3) is 16.9 Å². The van der Waals surface area contributed by atoms with Gasteiger partial charge in [0.1, 0.15) is 5.65 Å². The molecule has 0 N–H and O–H groups in total. The molecular formula is C17H16ClN3O3S. The van der Waals surface area contributed by atoms with E-state index in [1.807, 2.05) is 35.0 Å². The Balaban J connectivity index is 1.78. The van der Waals surface area contributed by atoms with Crippen LogP contribution >= 0.6 is 11.6 Å². The molecule has 0 atom stereocenters. The second kappa shape index (κ2) is 6.42. The quantitative estimate of drug-likeness (QED) is 0.704. The molecule has 6 nitrogen and oxygen atoms in total. The van der Waals surface area contributed by atoms with E-state index in [1.165, 1.54) is 10.4 Å². The summed E-state index contributed by atoms with van der Waals surface area (Å²) in [6.45, 7) is 1.53. The van der Waals surface area contributed by atoms with Crippen LogP contribution in [0.4, 0.5) is 0 Å². The van der Waals surface area contributed by atoms with Crippen LogP contribution in [0.1, 0.15) is 0 Å². The predicted octanol–water partition coefficient (Wildman–Crippen LogP) is 2.68. The minimum absolute atomic E-state index is 0.214. The summed E-state index contributed by atoms with van der Waals surface area (Å²) in [7, 11) is -3.58. The lowest BCUT2D eigenvalue weighted by molar-refractivity contribution is 0.0730. The second-order valence-electron chi connectivity index (χ2n) is 5.75. The molecule has 0 unspecified atom stereocenters. The summed E-state index contributed by atoms with van der Waals surface area (Å²) in [5.74, 6) is 0. The van der Waals surface area contributed by atoms with E-state index >= 15 is 0 Å². The van der Waals surface area contributed by atoms with Crippen molar-refractivity contribution < 1.29 is 13.2 Å². The topological polar surface area (TPSA) is 63.9 Å². The molecule has 0 spiro atoms. The van der Waals surface area contributed by atoms with E-state index in [2.05, 4.69) is 4.98 Å². The largest absolute Gasteiger partial charge is 0.379 e.